The first kappa shape index (κ1) is 40.9. The molecular formula is C45H50O10. The van der Waals surface area contributed by atoms with E-state index in [0.717, 1.165) is 11.1 Å². The molecule has 0 fully saturated rings. The van der Waals surface area contributed by atoms with Crippen molar-refractivity contribution in [2.75, 3.05) is 39.6 Å². The number of rotatable bonds is 20. The highest BCUT2D eigenvalue weighted by molar-refractivity contribution is 5.87. The second-order valence-electron chi connectivity index (χ2n) is 13.9. The Bertz CT molecular complexity index is 1790. The first-order valence-electron chi connectivity index (χ1n) is 18.3. The number of aliphatic hydroxyl groups is 2. The van der Waals surface area contributed by atoms with Crippen LogP contribution in [0.4, 0.5) is 0 Å². The summed E-state index contributed by atoms with van der Waals surface area (Å²) in [5.41, 5.74) is 6.72. The highest BCUT2D eigenvalue weighted by Gasteiger charge is 2.45. The normalized spacial score (nSPS) is 14.7. The molecule has 1 aliphatic carbocycles. The fraction of sp³-hybridized carbons (Fsp3) is 0.333. The number of hydrogen-bond acceptors (Lipinski definition) is 10. The third kappa shape index (κ3) is 10.1. The molecule has 0 spiro atoms. The zero-order valence-electron chi connectivity index (χ0n) is 31.9. The zero-order chi connectivity index (χ0) is 39.5. The van der Waals surface area contributed by atoms with Crippen molar-refractivity contribution in [3.8, 4) is 22.6 Å². The topological polar surface area (TPSA) is 130 Å². The van der Waals surface area contributed by atoms with E-state index in [2.05, 4.69) is 86.0 Å². The van der Waals surface area contributed by atoms with E-state index in [0.29, 0.717) is 11.5 Å². The standard InChI is InChI=1S/C45H50O10/c1-29(2)43(48)54-27-35(46)25-50-31(5)23-52-37-19-15-33(16-20-37)45(41-13-9-7-11-39(41)40-12-8-10-14-42(40)45)34-17-21-38(22-18-34)53-24-32(6)51-26-36(47)28-55-44(49)30(3)4/h7-22,31-32,35-36,46-47H,1,3,23-28H2,2,4-6H3. The van der Waals surface area contributed by atoms with Crippen LogP contribution in [0.1, 0.15) is 49.9 Å². The average molecular weight is 751 g/mol. The van der Waals surface area contributed by atoms with Crippen LogP contribution in [-0.2, 0) is 34.0 Å². The van der Waals surface area contributed by atoms with E-state index < -0.39 is 29.6 Å². The summed E-state index contributed by atoms with van der Waals surface area (Å²) in [5.74, 6) is 0.234. The van der Waals surface area contributed by atoms with Gasteiger partial charge in [0.25, 0.3) is 0 Å². The van der Waals surface area contributed by atoms with Crippen molar-refractivity contribution in [1.29, 1.82) is 0 Å². The predicted molar refractivity (Wildman–Crippen MR) is 209 cm³/mol. The lowest BCUT2D eigenvalue weighted by atomic mass is 9.68. The Morgan fingerprint density at radius 1 is 0.564 bits per heavy atom. The Balaban J connectivity index is 1.28. The average Bonchev–Trinajstić information content (AvgIpc) is 3.50. The number of aliphatic hydroxyl groups excluding tert-OH is 2. The summed E-state index contributed by atoms with van der Waals surface area (Å²) >= 11 is 0. The van der Waals surface area contributed by atoms with Gasteiger partial charge in [-0.3, -0.25) is 0 Å². The molecule has 0 radical (unpaired) electrons. The van der Waals surface area contributed by atoms with Gasteiger partial charge in [-0.25, -0.2) is 9.59 Å². The minimum absolute atomic E-state index is 0.00852. The molecule has 0 saturated carbocycles. The Labute approximate surface area is 322 Å². The monoisotopic (exact) mass is 750 g/mol. The number of ether oxygens (including phenoxy) is 6. The molecule has 10 heteroatoms. The van der Waals surface area contributed by atoms with Gasteiger partial charge in [0.15, 0.2) is 0 Å². The highest BCUT2D eigenvalue weighted by Crippen LogP contribution is 2.56. The Morgan fingerprint density at radius 3 is 1.29 bits per heavy atom. The fourth-order valence-corrected chi connectivity index (χ4v) is 6.39. The van der Waals surface area contributed by atoms with Crippen molar-refractivity contribution < 1.29 is 48.2 Å². The van der Waals surface area contributed by atoms with Crippen LogP contribution in [0.3, 0.4) is 0 Å². The number of esters is 2. The third-order valence-electron chi connectivity index (χ3n) is 9.15. The Morgan fingerprint density at radius 2 is 0.927 bits per heavy atom. The maximum atomic E-state index is 11.6. The predicted octanol–water partition coefficient (Wildman–Crippen LogP) is 6.58. The molecular weight excluding hydrogens is 700 g/mol. The molecule has 55 heavy (non-hydrogen) atoms. The lowest BCUT2D eigenvalue weighted by molar-refractivity contribution is -0.144. The van der Waals surface area contributed by atoms with Crippen LogP contribution in [0, 0.1) is 0 Å². The number of fused-ring (bicyclic) bond motifs is 3. The molecule has 0 heterocycles. The Kier molecular flexibility index (Phi) is 14.0. The highest BCUT2D eigenvalue weighted by atomic mass is 16.6. The van der Waals surface area contributed by atoms with Gasteiger partial charge in [0.2, 0.25) is 0 Å². The van der Waals surface area contributed by atoms with Crippen LogP contribution in [0.25, 0.3) is 11.1 Å². The quantitative estimate of drug-likeness (QED) is 0.0665. The molecule has 0 saturated heterocycles. The van der Waals surface area contributed by atoms with Gasteiger partial charge in [-0.1, -0.05) is 86.0 Å². The Hall–Kier alpha value is -5.26. The van der Waals surface area contributed by atoms with Crippen LogP contribution in [0.5, 0.6) is 11.5 Å². The summed E-state index contributed by atoms with van der Waals surface area (Å²) in [4.78, 5) is 23.2. The minimum Gasteiger partial charge on any atom is -0.491 e. The lowest BCUT2D eigenvalue weighted by Gasteiger charge is -2.34. The summed E-state index contributed by atoms with van der Waals surface area (Å²) in [5, 5.41) is 20.3. The lowest BCUT2D eigenvalue weighted by Crippen LogP contribution is -2.29. The van der Waals surface area contributed by atoms with Gasteiger partial charge in [-0.2, -0.15) is 0 Å². The third-order valence-corrected chi connectivity index (χ3v) is 9.15. The van der Waals surface area contributed by atoms with Crippen molar-refractivity contribution in [3.63, 3.8) is 0 Å². The van der Waals surface area contributed by atoms with Gasteiger partial charge in [0.05, 0.1) is 30.8 Å². The summed E-state index contributed by atoms with van der Waals surface area (Å²) in [6.07, 6.45) is -2.58. The van der Waals surface area contributed by atoms with Crippen molar-refractivity contribution in [2.45, 2.75) is 57.5 Å². The first-order chi connectivity index (χ1) is 26.4. The van der Waals surface area contributed by atoms with E-state index in [1.807, 2.05) is 38.1 Å². The summed E-state index contributed by atoms with van der Waals surface area (Å²) in [6.45, 7) is 14.0. The molecule has 0 bridgehead atoms. The second kappa shape index (κ2) is 18.9. The van der Waals surface area contributed by atoms with E-state index in [1.165, 1.54) is 22.3 Å². The number of carbonyl (C=O) groups excluding carboxylic acids is 2. The molecule has 0 amide bonds. The maximum Gasteiger partial charge on any atom is 0.333 e. The largest absolute Gasteiger partial charge is 0.491 e. The molecule has 4 aromatic rings. The van der Waals surface area contributed by atoms with Gasteiger partial charge in [-0.15, -0.1) is 0 Å². The molecule has 2 N–H and O–H groups in total. The van der Waals surface area contributed by atoms with Crippen molar-refractivity contribution in [2.24, 2.45) is 0 Å². The van der Waals surface area contributed by atoms with Crippen LogP contribution in [0.2, 0.25) is 0 Å². The first-order valence-corrected chi connectivity index (χ1v) is 18.3. The number of benzene rings is 4. The van der Waals surface area contributed by atoms with E-state index in [-0.39, 0.29) is 63.0 Å². The van der Waals surface area contributed by atoms with Crippen LogP contribution in [-0.4, -0.2) is 86.2 Å². The van der Waals surface area contributed by atoms with Gasteiger partial charge in [-0.05, 0) is 85.3 Å². The summed E-state index contributed by atoms with van der Waals surface area (Å²) in [6, 6.07) is 33.2. The van der Waals surface area contributed by atoms with Gasteiger partial charge in [0, 0.05) is 11.1 Å². The SMILES string of the molecule is C=C(C)C(=O)OCC(O)COC(C)COc1ccc(C2(c3ccc(OCC(C)OCC(O)COC(=O)C(=C)C)cc3)c3ccccc3-c3ccccc32)cc1. The van der Waals surface area contributed by atoms with E-state index in [1.54, 1.807) is 13.8 Å². The van der Waals surface area contributed by atoms with Crippen LogP contribution >= 0.6 is 0 Å². The minimum atomic E-state index is -0.964. The molecule has 4 unspecified atom stereocenters. The van der Waals surface area contributed by atoms with Gasteiger partial charge < -0.3 is 38.6 Å². The van der Waals surface area contributed by atoms with Gasteiger partial charge >= 0.3 is 11.9 Å². The van der Waals surface area contributed by atoms with E-state index in [4.69, 9.17) is 28.4 Å². The molecule has 5 rings (SSSR count). The summed E-state index contributed by atoms with van der Waals surface area (Å²) in [7, 11) is 0. The van der Waals surface area contributed by atoms with Gasteiger partial charge in [0.1, 0.15) is 50.1 Å². The molecule has 0 aromatic heterocycles. The molecule has 4 aromatic carbocycles. The van der Waals surface area contributed by atoms with Crippen molar-refractivity contribution in [1.82, 2.24) is 0 Å². The number of hydrogen-bond donors (Lipinski definition) is 2. The van der Waals surface area contributed by atoms with Crippen molar-refractivity contribution in [3.05, 3.63) is 144 Å². The fourth-order valence-electron chi connectivity index (χ4n) is 6.39. The van der Waals surface area contributed by atoms with Crippen molar-refractivity contribution >= 4 is 11.9 Å². The second-order valence-corrected chi connectivity index (χ2v) is 13.9. The smallest absolute Gasteiger partial charge is 0.333 e. The van der Waals surface area contributed by atoms with Crippen LogP contribution < -0.4 is 9.47 Å². The molecule has 10 nitrogen and oxygen atoms in total. The molecule has 1 aliphatic rings. The summed E-state index contributed by atoms with van der Waals surface area (Å²) < 4.78 is 33.6. The zero-order valence-corrected chi connectivity index (χ0v) is 31.9. The van der Waals surface area contributed by atoms with E-state index in [9.17, 15) is 19.8 Å². The molecule has 4 atom stereocenters. The number of carbonyl (C=O) groups is 2. The maximum absolute atomic E-state index is 11.6. The molecule has 290 valence electrons. The molecule has 0 aliphatic heterocycles. The van der Waals surface area contributed by atoms with Crippen LogP contribution in [0.15, 0.2) is 121 Å². The van der Waals surface area contributed by atoms with E-state index >= 15 is 0 Å².